The third kappa shape index (κ3) is 3.38. The first-order valence-corrected chi connectivity index (χ1v) is 7.35. The largest absolute Gasteiger partial charge is 0.387 e. The van der Waals surface area contributed by atoms with Gasteiger partial charge in [-0.2, -0.15) is 4.98 Å². The summed E-state index contributed by atoms with van der Waals surface area (Å²) >= 11 is 0. The maximum absolute atomic E-state index is 12.9. The Labute approximate surface area is 131 Å². The van der Waals surface area contributed by atoms with Crippen molar-refractivity contribution >= 4 is 5.91 Å². The zero-order valence-corrected chi connectivity index (χ0v) is 12.4. The van der Waals surface area contributed by atoms with Gasteiger partial charge in [-0.25, -0.2) is 4.39 Å². The minimum atomic E-state index is -0.755. The average Bonchev–Trinajstić information content (AvgIpc) is 3.16. The summed E-state index contributed by atoms with van der Waals surface area (Å²) < 4.78 is 18.1. The molecule has 2 atom stereocenters. The van der Waals surface area contributed by atoms with Gasteiger partial charge in [0.2, 0.25) is 5.89 Å². The van der Waals surface area contributed by atoms with Gasteiger partial charge in [0.15, 0.2) is 0 Å². The molecule has 122 valence electrons. The minimum Gasteiger partial charge on any atom is -0.387 e. The second kappa shape index (κ2) is 6.43. The molecule has 0 saturated carbocycles. The van der Waals surface area contributed by atoms with Gasteiger partial charge in [-0.3, -0.25) is 9.69 Å². The van der Waals surface area contributed by atoms with Gasteiger partial charge >= 0.3 is 0 Å². The molecule has 1 aromatic carbocycles. The van der Waals surface area contributed by atoms with Crippen molar-refractivity contribution in [3.63, 3.8) is 0 Å². The van der Waals surface area contributed by atoms with E-state index in [1.165, 1.54) is 12.1 Å². The summed E-state index contributed by atoms with van der Waals surface area (Å²) in [6.45, 7) is 1.11. The smallest absolute Gasteiger partial charge is 0.290 e. The van der Waals surface area contributed by atoms with E-state index >= 15 is 0 Å². The van der Waals surface area contributed by atoms with E-state index in [0.717, 1.165) is 19.4 Å². The van der Waals surface area contributed by atoms with Crippen LogP contribution in [0.3, 0.4) is 0 Å². The Kier molecular flexibility index (Phi) is 4.35. The second-order valence-corrected chi connectivity index (χ2v) is 5.54. The topological polar surface area (TPSA) is 105 Å². The van der Waals surface area contributed by atoms with Crippen molar-refractivity contribution in [2.45, 2.75) is 25.0 Å². The molecule has 0 bridgehead atoms. The van der Waals surface area contributed by atoms with Gasteiger partial charge in [0.1, 0.15) is 5.82 Å². The van der Waals surface area contributed by atoms with Crippen molar-refractivity contribution in [2.75, 3.05) is 13.1 Å². The summed E-state index contributed by atoms with van der Waals surface area (Å²) in [5.74, 6) is -0.908. The third-order valence-electron chi connectivity index (χ3n) is 3.97. The number of aromatic nitrogens is 2. The number of nitrogens with two attached hydrogens (primary N) is 1. The zero-order valence-electron chi connectivity index (χ0n) is 12.4. The molecule has 3 rings (SSSR count). The van der Waals surface area contributed by atoms with Gasteiger partial charge in [-0.1, -0.05) is 17.3 Å². The van der Waals surface area contributed by atoms with Crippen LogP contribution in [0.2, 0.25) is 0 Å². The molecule has 23 heavy (non-hydrogen) atoms. The van der Waals surface area contributed by atoms with E-state index in [4.69, 9.17) is 10.3 Å². The van der Waals surface area contributed by atoms with Crippen LogP contribution in [0.15, 0.2) is 28.8 Å². The van der Waals surface area contributed by atoms with Crippen molar-refractivity contribution in [3.8, 4) is 0 Å². The number of rotatable bonds is 5. The molecule has 1 saturated heterocycles. The van der Waals surface area contributed by atoms with Crippen LogP contribution < -0.4 is 5.73 Å². The zero-order chi connectivity index (χ0) is 16.4. The SMILES string of the molecule is NC(=O)c1noc(C2CCCN2CC(O)c2ccc(F)cc2)n1. The fraction of sp³-hybridized carbons (Fsp3) is 0.400. The van der Waals surface area contributed by atoms with E-state index in [1.807, 2.05) is 4.90 Å². The van der Waals surface area contributed by atoms with Crippen LogP contribution >= 0.6 is 0 Å². The van der Waals surface area contributed by atoms with E-state index < -0.39 is 12.0 Å². The molecule has 2 heterocycles. The number of carbonyl (C=O) groups is 1. The number of halogens is 1. The summed E-state index contributed by atoms with van der Waals surface area (Å²) in [7, 11) is 0. The molecule has 0 spiro atoms. The summed E-state index contributed by atoms with van der Waals surface area (Å²) in [4.78, 5) is 17.1. The Bertz CT molecular complexity index is 688. The maximum Gasteiger partial charge on any atom is 0.290 e. The van der Waals surface area contributed by atoms with Gasteiger partial charge in [-0.15, -0.1) is 0 Å². The van der Waals surface area contributed by atoms with Crippen molar-refractivity contribution in [3.05, 3.63) is 47.4 Å². The molecular weight excluding hydrogens is 303 g/mol. The number of likely N-dealkylation sites (tertiary alicyclic amines) is 1. The van der Waals surface area contributed by atoms with Crippen molar-refractivity contribution in [2.24, 2.45) is 5.73 Å². The molecule has 1 aliphatic rings. The van der Waals surface area contributed by atoms with Gasteiger partial charge in [0, 0.05) is 6.54 Å². The van der Waals surface area contributed by atoms with E-state index in [9.17, 15) is 14.3 Å². The van der Waals surface area contributed by atoms with Crippen LogP contribution in [0.25, 0.3) is 0 Å². The fourth-order valence-electron chi connectivity index (χ4n) is 2.81. The molecule has 3 N–H and O–H groups in total. The molecule has 0 radical (unpaired) electrons. The monoisotopic (exact) mass is 320 g/mol. The number of primary amides is 1. The standard InChI is InChI=1S/C15H17FN4O3/c16-10-5-3-9(4-6-10)12(21)8-20-7-1-2-11(20)15-18-14(13(17)22)19-23-15/h3-6,11-12,21H,1-2,7-8H2,(H2,17,22). The molecule has 1 aliphatic heterocycles. The van der Waals surface area contributed by atoms with E-state index in [1.54, 1.807) is 12.1 Å². The van der Waals surface area contributed by atoms with Crippen LogP contribution in [0.5, 0.6) is 0 Å². The first-order valence-electron chi connectivity index (χ1n) is 7.35. The lowest BCUT2D eigenvalue weighted by Gasteiger charge is -2.24. The molecule has 2 aromatic rings. The van der Waals surface area contributed by atoms with Crippen LogP contribution in [-0.2, 0) is 0 Å². The molecule has 7 nitrogen and oxygen atoms in total. The van der Waals surface area contributed by atoms with E-state index in [-0.39, 0.29) is 17.7 Å². The molecular formula is C15H17FN4O3. The summed E-state index contributed by atoms with van der Waals surface area (Å²) in [5.41, 5.74) is 5.76. The van der Waals surface area contributed by atoms with Gasteiger partial charge in [0.05, 0.1) is 12.1 Å². The average molecular weight is 320 g/mol. The number of carbonyl (C=O) groups excluding carboxylic acids is 1. The van der Waals surface area contributed by atoms with Gasteiger partial charge in [0.25, 0.3) is 11.7 Å². The quantitative estimate of drug-likeness (QED) is 0.857. The second-order valence-electron chi connectivity index (χ2n) is 5.54. The number of aliphatic hydroxyl groups excluding tert-OH is 1. The normalized spacial score (nSPS) is 19.8. The highest BCUT2D eigenvalue weighted by atomic mass is 19.1. The van der Waals surface area contributed by atoms with Crippen molar-refractivity contribution in [1.29, 1.82) is 0 Å². The van der Waals surface area contributed by atoms with Gasteiger partial charge in [-0.05, 0) is 37.1 Å². The van der Waals surface area contributed by atoms with Crippen molar-refractivity contribution in [1.82, 2.24) is 15.0 Å². The number of amides is 1. The molecule has 8 heteroatoms. The Morgan fingerprint density at radius 2 is 2.22 bits per heavy atom. The maximum atomic E-state index is 12.9. The molecule has 0 aliphatic carbocycles. The number of nitrogens with zero attached hydrogens (tertiary/aromatic N) is 3. The first-order chi connectivity index (χ1) is 11.0. The molecule has 1 amide bonds. The van der Waals surface area contributed by atoms with Crippen LogP contribution in [0.4, 0.5) is 4.39 Å². The Morgan fingerprint density at radius 1 is 1.48 bits per heavy atom. The minimum absolute atomic E-state index is 0.147. The summed E-state index contributed by atoms with van der Waals surface area (Å²) in [6.07, 6.45) is 0.945. The molecule has 1 aromatic heterocycles. The van der Waals surface area contributed by atoms with Gasteiger partial charge < -0.3 is 15.4 Å². The lowest BCUT2D eigenvalue weighted by molar-refractivity contribution is 0.0967. The number of benzene rings is 1. The molecule has 2 unspecified atom stereocenters. The number of aliphatic hydroxyl groups is 1. The highest BCUT2D eigenvalue weighted by molar-refractivity contribution is 5.88. The Hall–Kier alpha value is -2.32. The number of hydrogen-bond donors (Lipinski definition) is 2. The third-order valence-corrected chi connectivity index (χ3v) is 3.97. The summed E-state index contributed by atoms with van der Waals surface area (Å²) in [5, 5.41) is 13.9. The number of β-amino-alcohol motifs (C(OH)–C–C–N with tert-alkyl or cyclic N) is 1. The van der Waals surface area contributed by atoms with Crippen LogP contribution in [0.1, 0.15) is 47.1 Å². The fourth-order valence-corrected chi connectivity index (χ4v) is 2.81. The highest BCUT2D eigenvalue weighted by Gasteiger charge is 2.32. The Balaban J connectivity index is 1.71. The summed E-state index contributed by atoms with van der Waals surface area (Å²) in [6, 6.07) is 5.59. The predicted octanol–water partition coefficient (Wildman–Crippen LogP) is 1.18. The number of hydrogen-bond acceptors (Lipinski definition) is 6. The lowest BCUT2D eigenvalue weighted by atomic mass is 10.1. The predicted molar refractivity (Wildman–Crippen MR) is 77.7 cm³/mol. The highest BCUT2D eigenvalue weighted by Crippen LogP contribution is 2.32. The Morgan fingerprint density at radius 3 is 2.87 bits per heavy atom. The van der Waals surface area contributed by atoms with Crippen molar-refractivity contribution < 1.29 is 18.8 Å². The lowest BCUT2D eigenvalue weighted by Crippen LogP contribution is -2.28. The first kappa shape index (κ1) is 15.6. The van der Waals surface area contributed by atoms with Crippen LogP contribution in [0, 0.1) is 5.82 Å². The van der Waals surface area contributed by atoms with Crippen LogP contribution in [-0.4, -0.2) is 39.1 Å². The molecule has 1 fully saturated rings. The van der Waals surface area contributed by atoms with E-state index in [2.05, 4.69) is 10.1 Å². The van der Waals surface area contributed by atoms with E-state index in [0.29, 0.717) is 18.0 Å².